The Morgan fingerprint density at radius 3 is 3.09 bits per heavy atom. The number of carbonyl (C=O) groups excluding carboxylic acids is 1. The van der Waals surface area contributed by atoms with Crippen molar-refractivity contribution in [3.05, 3.63) is 45.0 Å². The third kappa shape index (κ3) is 2.43. The molecule has 2 aliphatic carbocycles. The van der Waals surface area contributed by atoms with Gasteiger partial charge in [-0.3, -0.25) is 9.59 Å². The number of amides is 1. The number of rotatable bonds is 4. The summed E-state index contributed by atoms with van der Waals surface area (Å²) in [4.78, 5) is 31.2. The fraction of sp³-hybridized carbons (Fsp3) is 0.467. The molecule has 0 unspecified atom stereocenters. The van der Waals surface area contributed by atoms with Crippen LogP contribution in [0.5, 0.6) is 0 Å². The molecule has 22 heavy (non-hydrogen) atoms. The topological polar surface area (TPSA) is 101 Å². The summed E-state index contributed by atoms with van der Waals surface area (Å²) in [6.07, 6.45) is 4.98. The van der Waals surface area contributed by atoms with E-state index in [4.69, 9.17) is 4.52 Å². The van der Waals surface area contributed by atoms with Gasteiger partial charge in [-0.25, -0.2) is 0 Å². The van der Waals surface area contributed by atoms with Crippen LogP contribution in [0.25, 0.3) is 0 Å². The average molecular weight is 300 g/mol. The van der Waals surface area contributed by atoms with E-state index in [0.29, 0.717) is 17.6 Å². The molecule has 0 radical (unpaired) electrons. The van der Waals surface area contributed by atoms with Crippen molar-refractivity contribution in [1.82, 2.24) is 20.4 Å². The van der Waals surface area contributed by atoms with Gasteiger partial charge in [-0.2, -0.15) is 4.98 Å². The third-order valence-corrected chi connectivity index (χ3v) is 4.16. The number of aryl methyl sites for hydroxylation is 2. The number of pyridine rings is 1. The minimum absolute atomic E-state index is 0.134. The Labute approximate surface area is 126 Å². The summed E-state index contributed by atoms with van der Waals surface area (Å²) in [5.41, 5.74) is 1.80. The first-order valence-corrected chi connectivity index (χ1v) is 7.56. The Balaban J connectivity index is 1.46. The zero-order valence-corrected chi connectivity index (χ0v) is 12.0. The first kappa shape index (κ1) is 13.2. The average Bonchev–Trinajstić information content (AvgIpc) is 3.08. The summed E-state index contributed by atoms with van der Waals surface area (Å²) < 4.78 is 5.09. The van der Waals surface area contributed by atoms with E-state index in [9.17, 15) is 9.59 Å². The number of nitrogens with zero attached hydrogens (tertiary/aromatic N) is 2. The fourth-order valence-corrected chi connectivity index (χ4v) is 2.78. The van der Waals surface area contributed by atoms with Crippen LogP contribution in [0.1, 0.15) is 58.5 Å². The smallest absolute Gasteiger partial charge is 0.261 e. The fourth-order valence-electron chi connectivity index (χ4n) is 2.78. The molecule has 2 N–H and O–H groups in total. The molecule has 2 aromatic heterocycles. The third-order valence-electron chi connectivity index (χ3n) is 4.16. The van der Waals surface area contributed by atoms with Crippen LogP contribution in [0.4, 0.5) is 0 Å². The minimum Gasteiger partial charge on any atom is -0.343 e. The summed E-state index contributed by atoms with van der Waals surface area (Å²) in [7, 11) is 0. The van der Waals surface area contributed by atoms with Gasteiger partial charge in [-0.1, -0.05) is 5.16 Å². The highest BCUT2D eigenvalue weighted by Gasteiger charge is 2.28. The van der Waals surface area contributed by atoms with Crippen LogP contribution in [0.2, 0.25) is 0 Å². The molecule has 1 saturated carbocycles. The van der Waals surface area contributed by atoms with E-state index in [2.05, 4.69) is 20.4 Å². The number of hydrogen-bond donors (Lipinski definition) is 2. The van der Waals surface area contributed by atoms with E-state index in [-0.39, 0.29) is 17.7 Å². The van der Waals surface area contributed by atoms with E-state index in [1.807, 2.05) is 0 Å². The van der Waals surface area contributed by atoms with E-state index in [1.54, 1.807) is 6.07 Å². The molecule has 0 saturated heterocycles. The molecule has 4 rings (SSSR count). The van der Waals surface area contributed by atoms with Gasteiger partial charge in [0.15, 0.2) is 5.82 Å². The number of nitrogens with one attached hydrogen (secondary N) is 2. The van der Waals surface area contributed by atoms with Crippen LogP contribution >= 0.6 is 0 Å². The van der Waals surface area contributed by atoms with Gasteiger partial charge in [0.2, 0.25) is 5.89 Å². The molecule has 1 amide bonds. The Bertz CT molecular complexity index is 788. The number of aromatic amines is 1. The van der Waals surface area contributed by atoms with Crippen molar-refractivity contribution < 1.29 is 9.32 Å². The van der Waals surface area contributed by atoms with Gasteiger partial charge in [-0.05, 0) is 43.7 Å². The summed E-state index contributed by atoms with van der Waals surface area (Å²) >= 11 is 0. The summed E-state index contributed by atoms with van der Waals surface area (Å²) in [5, 5.41) is 6.55. The molecule has 2 aliphatic rings. The van der Waals surface area contributed by atoms with Crippen LogP contribution in [0.3, 0.4) is 0 Å². The lowest BCUT2D eigenvalue weighted by Crippen LogP contribution is -2.30. The van der Waals surface area contributed by atoms with E-state index < -0.39 is 5.91 Å². The monoisotopic (exact) mass is 300 g/mol. The summed E-state index contributed by atoms with van der Waals surface area (Å²) in [6, 6.07) is 1.69. The van der Waals surface area contributed by atoms with Crippen molar-refractivity contribution in [2.45, 2.75) is 44.6 Å². The van der Waals surface area contributed by atoms with Crippen molar-refractivity contribution >= 4 is 5.91 Å². The Kier molecular flexibility index (Phi) is 3.06. The highest BCUT2D eigenvalue weighted by Crippen LogP contribution is 2.38. The molecule has 7 nitrogen and oxygen atoms in total. The summed E-state index contributed by atoms with van der Waals surface area (Å²) in [5.74, 6) is 1.07. The quantitative estimate of drug-likeness (QED) is 0.879. The second-order valence-corrected chi connectivity index (χ2v) is 5.87. The van der Waals surface area contributed by atoms with Crippen LogP contribution in [-0.4, -0.2) is 21.0 Å². The zero-order chi connectivity index (χ0) is 15.1. The number of H-pyrrole nitrogens is 1. The predicted molar refractivity (Wildman–Crippen MR) is 76.5 cm³/mol. The maximum atomic E-state index is 12.2. The second-order valence-electron chi connectivity index (χ2n) is 5.87. The van der Waals surface area contributed by atoms with Gasteiger partial charge < -0.3 is 14.8 Å². The standard InChI is InChI=1S/C15H16N4O3/c20-14(10-6-9-2-1-3-11(9)17-15(10)21)16-7-12-18-13(19-22-12)8-4-5-8/h6,8H,1-5,7H2,(H,16,20)(H,17,21). The van der Waals surface area contributed by atoms with Gasteiger partial charge in [0.25, 0.3) is 11.5 Å². The molecule has 0 spiro atoms. The zero-order valence-electron chi connectivity index (χ0n) is 12.0. The second kappa shape index (κ2) is 5.08. The van der Waals surface area contributed by atoms with E-state index >= 15 is 0 Å². The molecule has 2 heterocycles. The largest absolute Gasteiger partial charge is 0.343 e. The molecule has 7 heteroatoms. The van der Waals surface area contributed by atoms with Crippen LogP contribution in [-0.2, 0) is 19.4 Å². The van der Waals surface area contributed by atoms with Crippen molar-refractivity contribution in [2.24, 2.45) is 0 Å². The van der Waals surface area contributed by atoms with Crippen LogP contribution in [0, 0.1) is 0 Å². The number of hydrogen-bond acceptors (Lipinski definition) is 5. The first-order valence-electron chi connectivity index (χ1n) is 7.56. The van der Waals surface area contributed by atoms with E-state index in [0.717, 1.165) is 43.4 Å². The molecule has 0 atom stereocenters. The highest BCUT2D eigenvalue weighted by molar-refractivity contribution is 5.93. The molecule has 0 aliphatic heterocycles. The molecule has 0 bridgehead atoms. The van der Waals surface area contributed by atoms with Gasteiger partial charge in [-0.15, -0.1) is 0 Å². The van der Waals surface area contributed by atoms with Gasteiger partial charge in [0.1, 0.15) is 5.56 Å². The molecular formula is C15H16N4O3. The Morgan fingerprint density at radius 2 is 2.27 bits per heavy atom. The maximum absolute atomic E-state index is 12.2. The van der Waals surface area contributed by atoms with Crippen molar-refractivity contribution in [3.63, 3.8) is 0 Å². The van der Waals surface area contributed by atoms with Gasteiger partial charge in [0.05, 0.1) is 6.54 Å². The Hall–Kier alpha value is -2.44. The molecule has 1 fully saturated rings. The lowest BCUT2D eigenvalue weighted by molar-refractivity contribution is 0.0944. The van der Waals surface area contributed by atoms with Crippen LogP contribution in [0.15, 0.2) is 15.4 Å². The molecular weight excluding hydrogens is 284 g/mol. The number of fused-ring (bicyclic) bond motifs is 1. The van der Waals surface area contributed by atoms with Crippen LogP contribution < -0.4 is 10.9 Å². The maximum Gasteiger partial charge on any atom is 0.261 e. The molecule has 2 aromatic rings. The minimum atomic E-state index is -0.415. The lowest BCUT2D eigenvalue weighted by Gasteiger charge is -2.04. The first-order chi connectivity index (χ1) is 10.7. The van der Waals surface area contributed by atoms with Crippen molar-refractivity contribution in [3.8, 4) is 0 Å². The number of aromatic nitrogens is 3. The molecule has 114 valence electrons. The summed E-state index contributed by atoms with van der Waals surface area (Å²) in [6.45, 7) is 0.134. The van der Waals surface area contributed by atoms with E-state index in [1.165, 1.54) is 0 Å². The predicted octanol–water partition coefficient (Wildman–Crippen LogP) is 1.05. The van der Waals surface area contributed by atoms with Crippen molar-refractivity contribution in [2.75, 3.05) is 0 Å². The SMILES string of the molecule is O=C(NCc1nc(C2CC2)no1)c1cc2c([nH]c1=O)CCC2. The normalized spacial score (nSPS) is 16.5. The van der Waals surface area contributed by atoms with Gasteiger partial charge in [0, 0.05) is 11.6 Å². The molecule has 0 aromatic carbocycles. The van der Waals surface area contributed by atoms with Gasteiger partial charge >= 0.3 is 0 Å². The Morgan fingerprint density at radius 1 is 1.41 bits per heavy atom. The highest BCUT2D eigenvalue weighted by atomic mass is 16.5. The lowest BCUT2D eigenvalue weighted by atomic mass is 10.1. The van der Waals surface area contributed by atoms with Crippen molar-refractivity contribution in [1.29, 1.82) is 0 Å². The number of carbonyl (C=O) groups is 1.